The molecule has 0 bridgehead atoms. The van der Waals surface area contributed by atoms with Gasteiger partial charge >= 0.3 is 0 Å². The van der Waals surface area contributed by atoms with Gasteiger partial charge in [0, 0.05) is 30.0 Å². The normalized spacial score (nSPS) is 13.9. The minimum atomic E-state index is -0.213. The third-order valence-electron chi connectivity index (χ3n) is 4.42. The zero-order chi connectivity index (χ0) is 19.4. The minimum absolute atomic E-state index is 0.213. The maximum atomic E-state index is 12.7. The Balaban J connectivity index is 1.77. The largest absolute Gasteiger partial charge is 0.493 e. The molecule has 0 saturated carbocycles. The highest BCUT2D eigenvalue weighted by molar-refractivity contribution is 9.10. The SMILES string of the molecule is CCCOc1c(Br)cc(C(=O)Nc2nc3c(s2)CN(CC)CC3)cc1OC. The number of anilines is 1. The summed E-state index contributed by atoms with van der Waals surface area (Å²) >= 11 is 5.03. The zero-order valence-corrected chi connectivity index (χ0v) is 18.2. The number of halogens is 1. The molecule has 1 aliphatic heterocycles. The second-order valence-corrected chi connectivity index (χ2v) is 8.24. The Kier molecular flexibility index (Phi) is 6.73. The fraction of sp³-hybridized carbons (Fsp3) is 0.474. The van der Waals surface area contributed by atoms with Gasteiger partial charge in [-0.2, -0.15) is 0 Å². The summed E-state index contributed by atoms with van der Waals surface area (Å²) in [6.07, 6.45) is 1.82. The van der Waals surface area contributed by atoms with Crippen LogP contribution in [-0.4, -0.2) is 42.6 Å². The second kappa shape index (κ2) is 9.03. The van der Waals surface area contributed by atoms with E-state index in [1.807, 2.05) is 6.92 Å². The topological polar surface area (TPSA) is 63.7 Å². The average molecular weight is 454 g/mol. The van der Waals surface area contributed by atoms with E-state index in [-0.39, 0.29) is 5.91 Å². The van der Waals surface area contributed by atoms with E-state index < -0.39 is 0 Å². The molecule has 0 saturated heterocycles. The van der Waals surface area contributed by atoms with E-state index in [9.17, 15) is 4.79 Å². The molecule has 0 aliphatic carbocycles. The van der Waals surface area contributed by atoms with Crippen LogP contribution >= 0.6 is 27.3 Å². The van der Waals surface area contributed by atoms with Crippen LogP contribution in [0, 0.1) is 0 Å². The molecule has 1 amide bonds. The van der Waals surface area contributed by atoms with Crippen LogP contribution in [0.3, 0.4) is 0 Å². The maximum absolute atomic E-state index is 12.7. The summed E-state index contributed by atoms with van der Waals surface area (Å²) in [6, 6.07) is 3.44. The number of aromatic nitrogens is 1. The number of likely N-dealkylation sites (N-methyl/N-ethyl adjacent to an activating group) is 1. The molecular formula is C19H24BrN3O3S. The van der Waals surface area contributed by atoms with Crippen LogP contribution in [0.4, 0.5) is 5.13 Å². The van der Waals surface area contributed by atoms with Gasteiger partial charge in [-0.1, -0.05) is 13.8 Å². The molecule has 1 aromatic carbocycles. The predicted molar refractivity (Wildman–Crippen MR) is 111 cm³/mol. The lowest BCUT2D eigenvalue weighted by Gasteiger charge is -2.23. The molecule has 3 rings (SSSR count). The Morgan fingerprint density at radius 1 is 1.41 bits per heavy atom. The first-order valence-corrected chi connectivity index (χ1v) is 10.7. The second-order valence-electron chi connectivity index (χ2n) is 6.30. The van der Waals surface area contributed by atoms with E-state index in [0.717, 1.165) is 38.2 Å². The fourth-order valence-electron chi connectivity index (χ4n) is 2.94. The van der Waals surface area contributed by atoms with Crippen molar-refractivity contribution in [2.45, 2.75) is 33.2 Å². The highest BCUT2D eigenvalue weighted by Crippen LogP contribution is 2.37. The number of hydrogen-bond donors (Lipinski definition) is 1. The van der Waals surface area contributed by atoms with Crippen LogP contribution in [0.2, 0.25) is 0 Å². The van der Waals surface area contributed by atoms with Crippen molar-refractivity contribution in [1.82, 2.24) is 9.88 Å². The Morgan fingerprint density at radius 2 is 2.22 bits per heavy atom. The number of benzene rings is 1. The van der Waals surface area contributed by atoms with Crippen LogP contribution < -0.4 is 14.8 Å². The summed E-state index contributed by atoms with van der Waals surface area (Å²) < 4.78 is 11.8. The van der Waals surface area contributed by atoms with Crippen molar-refractivity contribution >= 4 is 38.3 Å². The number of hydrogen-bond acceptors (Lipinski definition) is 6. The van der Waals surface area contributed by atoms with Crippen molar-refractivity contribution < 1.29 is 14.3 Å². The van der Waals surface area contributed by atoms with Crippen molar-refractivity contribution in [2.75, 3.05) is 32.1 Å². The first-order chi connectivity index (χ1) is 13.0. The monoisotopic (exact) mass is 453 g/mol. The molecule has 2 heterocycles. The van der Waals surface area contributed by atoms with Crippen molar-refractivity contribution in [3.63, 3.8) is 0 Å². The molecule has 0 atom stereocenters. The summed E-state index contributed by atoms with van der Waals surface area (Å²) in [4.78, 5) is 20.9. The quantitative estimate of drug-likeness (QED) is 0.675. The molecule has 1 N–H and O–H groups in total. The summed E-state index contributed by atoms with van der Waals surface area (Å²) in [7, 11) is 1.57. The number of carbonyl (C=O) groups excluding carboxylic acids is 1. The predicted octanol–water partition coefficient (Wildman–Crippen LogP) is 4.33. The minimum Gasteiger partial charge on any atom is -0.493 e. The van der Waals surface area contributed by atoms with Crippen LogP contribution in [0.1, 0.15) is 41.2 Å². The number of methoxy groups -OCH3 is 1. The van der Waals surface area contributed by atoms with Gasteiger partial charge in [0.25, 0.3) is 5.91 Å². The van der Waals surface area contributed by atoms with Gasteiger partial charge in [-0.25, -0.2) is 4.98 Å². The third kappa shape index (κ3) is 4.62. The average Bonchev–Trinajstić information content (AvgIpc) is 3.07. The van der Waals surface area contributed by atoms with Crippen LogP contribution in [0.25, 0.3) is 0 Å². The number of nitrogens with one attached hydrogen (secondary N) is 1. The van der Waals surface area contributed by atoms with E-state index in [4.69, 9.17) is 9.47 Å². The Hall–Kier alpha value is -1.64. The highest BCUT2D eigenvalue weighted by atomic mass is 79.9. The number of carbonyl (C=O) groups is 1. The third-order valence-corrected chi connectivity index (χ3v) is 6.01. The van der Waals surface area contributed by atoms with Gasteiger partial charge in [-0.15, -0.1) is 11.3 Å². The molecule has 0 fully saturated rings. The molecule has 0 radical (unpaired) electrons. The van der Waals surface area contributed by atoms with E-state index >= 15 is 0 Å². The van der Waals surface area contributed by atoms with Gasteiger partial charge in [-0.05, 0) is 41.0 Å². The summed E-state index contributed by atoms with van der Waals surface area (Å²) in [5.41, 5.74) is 1.59. The maximum Gasteiger partial charge on any atom is 0.257 e. The number of amides is 1. The number of thiazole rings is 1. The first-order valence-electron chi connectivity index (χ1n) is 9.08. The van der Waals surface area contributed by atoms with Gasteiger partial charge < -0.3 is 9.47 Å². The smallest absolute Gasteiger partial charge is 0.257 e. The van der Waals surface area contributed by atoms with Crippen LogP contribution in [0.5, 0.6) is 11.5 Å². The Bertz CT molecular complexity index is 825. The van der Waals surface area contributed by atoms with E-state index in [0.29, 0.717) is 33.3 Å². The molecular weight excluding hydrogens is 430 g/mol. The molecule has 6 nitrogen and oxygen atoms in total. The lowest BCUT2D eigenvalue weighted by Crippen LogP contribution is -2.29. The molecule has 1 aliphatic rings. The molecule has 146 valence electrons. The number of fused-ring (bicyclic) bond motifs is 1. The zero-order valence-electron chi connectivity index (χ0n) is 15.8. The van der Waals surface area contributed by atoms with Gasteiger partial charge in [0.1, 0.15) is 0 Å². The lowest BCUT2D eigenvalue weighted by atomic mass is 10.2. The number of rotatable bonds is 7. The van der Waals surface area contributed by atoms with E-state index in [2.05, 4.69) is 38.1 Å². The van der Waals surface area contributed by atoms with Crippen molar-refractivity contribution in [3.8, 4) is 11.5 Å². The Labute approximate surface area is 172 Å². The first kappa shape index (κ1) is 20.1. The van der Waals surface area contributed by atoms with Crippen molar-refractivity contribution in [3.05, 3.63) is 32.7 Å². The summed E-state index contributed by atoms with van der Waals surface area (Å²) in [6.45, 7) is 7.73. The lowest BCUT2D eigenvalue weighted by molar-refractivity contribution is 0.102. The highest BCUT2D eigenvalue weighted by Gasteiger charge is 2.21. The van der Waals surface area contributed by atoms with Crippen LogP contribution in [-0.2, 0) is 13.0 Å². The van der Waals surface area contributed by atoms with E-state index in [1.54, 1.807) is 30.6 Å². The Morgan fingerprint density at radius 3 is 2.93 bits per heavy atom. The summed E-state index contributed by atoms with van der Waals surface area (Å²) in [5.74, 6) is 0.926. The number of nitrogens with zero attached hydrogens (tertiary/aromatic N) is 2. The summed E-state index contributed by atoms with van der Waals surface area (Å²) in [5, 5.41) is 3.57. The van der Waals surface area contributed by atoms with Gasteiger partial charge in [0.05, 0.1) is 23.9 Å². The fourth-order valence-corrected chi connectivity index (χ4v) is 4.54. The van der Waals surface area contributed by atoms with Gasteiger partial charge in [-0.3, -0.25) is 15.0 Å². The number of ether oxygens (including phenoxy) is 2. The molecule has 0 spiro atoms. The molecule has 0 unspecified atom stereocenters. The van der Waals surface area contributed by atoms with Gasteiger partial charge in [0.2, 0.25) is 0 Å². The molecule has 1 aromatic heterocycles. The molecule has 2 aromatic rings. The van der Waals surface area contributed by atoms with Crippen LogP contribution in [0.15, 0.2) is 16.6 Å². The van der Waals surface area contributed by atoms with Crippen molar-refractivity contribution in [1.29, 1.82) is 0 Å². The standard InChI is InChI=1S/C19H24BrN3O3S/c1-4-8-26-17-13(20)9-12(10-15(17)25-3)18(24)22-19-21-14-6-7-23(5-2)11-16(14)27-19/h9-10H,4-8,11H2,1-3H3,(H,21,22,24). The molecule has 8 heteroatoms. The van der Waals surface area contributed by atoms with Gasteiger partial charge in [0.15, 0.2) is 16.6 Å². The van der Waals surface area contributed by atoms with Crippen molar-refractivity contribution in [2.24, 2.45) is 0 Å². The van der Waals surface area contributed by atoms with E-state index in [1.165, 1.54) is 4.88 Å². The molecule has 27 heavy (non-hydrogen) atoms.